The zero-order valence-corrected chi connectivity index (χ0v) is 14.8. The third kappa shape index (κ3) is 4.70. The smallest absolute Gasteiger partial charge is 0.223 e. The first-order valence-electron chi connectivity index (χ1n) is 9.38. The van der Waals surface area contributed by atoms with Crippen molar-refractivity contribution in [1.82, 2.24) is 10.2 Å². The Balaban J connectivity index is 1.36. The Morgan fingerprint density at radius 3 is 2.56 bits per heavy atom. The molecule has 0 unspecified atom stereocenters. The number of carbonyl (C=O) groups is 1. The molecular formula is C19H29FN4O. The quantitative estimate of drug-likeness (QED) is 0.817. The first-order valence-corrected chi connectivity index (χ1v) is 9.38. The summed E-state index contributed by atoms with van der Waals surface area (Å²) in [5.74, 6) is 0.453. The Bertz CT molecular complexity index is 557. The number of rotatable bonds is 6. The average molecular weight is 348 g/mol. The predicted molar refractivity (Wildman–Crippen MR) is 97.9 cm³/mol. The topological polar surface area (TPSA) is 61.6 Å². The standard InChI is InChI=1S/C19H29FN4O/c20-16-4-6-17(7-5-16)24-12-10-23(11-13-24)9-8-22-19(25)18-3-1-2-15(18)14-21/h4-7,15,18H,1-3,8-14,21H2,(H,22,25)/t15-,18-/m1/s1. The SMILES string of the molecule is NC[C@H]1CCC[C@H]1C(=O)NCCN1CCN(c2ccc(F)cc2)CC1. The normalized spacial score (nSPS) is 24.5. The molecule has 1 saturated heterocycles. The van der Waals surface area contributed by atoms with Crippen LogP contribution in [0.2, 0.25) is 0 Å². The molecule has 25 heavy (non-hydrogen) atoms. The molecule has 3 N–H and O–H groups in total. The van der Waals surface area contributed by atoms with Gasteiger partial charge in [-0.1, -0.05) is 6.42 Å². The first-order chi connectivity index (χ1) is 12.2. The molecule has 1 amide bonds. The van der Waals surface area contributed by atoms with Crippen LogP contribution in [0.1, 0.15) is 19.3 Å². The van der Waals surface area contributed by atoms with Crippen molar-refractivity contribution < 1.29 is 9.18 Å². The van der Waals surface area contributed by atoms with Crippen LogP contribution in [-0.2, 0) is 4.79 Å². The van der Waals surface area contributed by atoms with E-state index in [2.05, 4.69) is 15.1 Å². The summed E-state index contributed by atoms with van der Waals surface area (Å²) in [4.78, 5) is 16.9. The van der Waals surface area contributed by atoms with Crippen LogP contribution in [0.25, 0.3) is 0 Å². The molecule has 6 heteroatoms. The van der Waals surface area contributed by atoms with Gasteiger partial charge in [0, 0.05) is 50.9 Å². The molecule has 2 atom stereocenters. The van der Waals surface area contributed by atoms with Gasteiger partial charge in [0.1, 0.15) is 5.82 Å². The minimum atomic E-state index is -0.197. The molecule has 1 heterocycles. The monoisotopic (exact) mass is 348 g/mol. The van der Waals surface area contributed by atoms with Gasteiger partial charge in [0.15, 0.2) is 0 Å². The number of amides is 1. The number of nitrogens with one attached hydrogen (secondary N) is 1. The molecule has 0 radical (unpaired) electrons. The molecule has 3 rings (SSSR count). The Hall–Kier alpha value is -1.66. The van der Waals surface area contributed by atoms with E-state index < -0.39 is 0 Å². The second-order valence-corrected chi connectivity index (χ2v) is 7.13. The van der Waals surface area contributed by atoms with Gasteiger partial charge in [-0.2, -0.15) is 0 Å². The van der Waals surface area contributed by atoms with Crippen LogP contribution in [0.4, 0.5) is 10.1 Å². The maximum Gasteiger partial charge on any atom is 0.223 e. The van der Waals surface area contributed by atoms with E-state index in [1.807, 2.05) is 12.1 Å². The van der Waals surface area contributed by atoms with Crippen LogP contribution in [-0.4, -0.2) is 56.6 Å². The highest BCUT2D eigenvalue weighted by atomic mass is 19.1. The molecule has 0 aromatic heterocycles. The van der Waals surface area contributed by atoms with E-state index in [1.54, 1.807) is 0 Å². The number of hydrogen-bond acceptors (Lipinski definition) is 4. The van der Waals surface area contributed by atoms with Gasteiger partial charge < -0.3 is 16.0 Å². The molecule has 1 saturated carbocycles. The number of benzene rings is 1. The van der Waals surface area contributed by atoms with Crippen LogP contribution in [0.15, 0.2) is 24.3 Å². The third-order valence-electron chi connectivity index (χ3n) is 5.59. The molecule has 138 valence electrons. The molecule has 1 aromatic rings. The summed E-state index contributed by atoms with van der Waals surface area (Å²) in [6.45, 7) is 5.97. The minimum absolute atomic E-state index is 0.111. The maximum atomic E-state index is 13.0. The van der Waals surface area contributed by atoms with Crippen molar-refractivity contribution in [1.29, 1.82) is 0 Å². The lowest BCUT2D eigenvalue weighted by molar-refractivity contribution is -0.126. The van der Waals surface area contributed by atoms with Crippen molar-refractivity contribution in [2.45, 2.75) is 19.3 Å². The molecular weight excluding hydrogens is 319 g/mol. The highest BCUT2D eigenvalue weighted by Gasteiger charge is 2.31. The Labute approximate surface area is 149 Å². The second kappa shape index (κ2) is 8.63. The van der Waals surface area contributed by atoms with Crippen LogP contribution in [0.3, 0.4) is 0 Å². The Kier molecular flexibility index (Phi) is 6.26. The van der Waals surface area contributed by atoms with E-state index in [1.165, 1.54) is 12.1 Å². The third-order valence-corrected chi connectivity index (χ3v) is 5.59. The van der Waals surface area contributed by atoms with E-state index in [0.29, 0.717) is 19.0 Å². The zero-order valence-electron chi connectivity index (χ0n) is 14.8. The summed E-state index contributed by atoms with van der Waals surface area (Å²) in [5.41, 5.74) is 6.84. The number of nitrogens with zero attached hydrogens (tertiary/aromatic N) is 2. The highest BCUT2D eigenvalue weighted by Crippen LogP contribution is 2.30. The summed E-state index contributed by atoms with van der Waals surface area (Å²) < 4.78 is 13.0. The predicted octanol–water partition coefficient (Wildman–Crippen LogP) is 1.44. The summed E-state index contributed by atoms with van der Waals surface area (Å²) in [6, 6.07) is 6.69. The van der Waals surface area contributed by atoms with Gasteiger partial charge in [-0.3, -0.25) is 9.69 Å². The molecule has 1 aliphatic heterocycles. The highest BCUT2D eigenvalue weighted by molar-refractivity contribution is 5.79. The van der Waals surface area contributed by atoms with Gasteiger partial charge in [-0.25, -0.2) is 4.39 Å². The maximum absolute atomic E-state index is 13.0. The molecule has 1 aliphatic carbocycles. The van der Waals surface area contributed by atoms with E-state index >= 15 is 0 Å². The van der Waals surface area contributed by atoms with E-state index in [-0.39, 0.29) is 17.6 Å². The van der Waals surface area contributed by atoms with Crippen molar-refractivity contribution >= 4 is 11.6 Å². The molecule has 2 fully saturated rings. The van der Waals surface area contributed by atoms with Crippen molar-refractivity contribution in [3.8, 4) is 0 Å². The summed E-state index contributed by atoms with van der Waals surface area (Å²) in [7, 11) is 0. The van der Waals surface area contributed by atoms with E-state index in [0.717, 1.165) is 57.7 Å². The lowest BCUT2D eigenvalue weighted by Gasteiger charge is -2.36. The van der Waals surface area contributed by atoms with Gasteiger partial charge in [0.2, 0.25) is 5.91 Å². The number of hydrogen-bond donors (Lipinski definition) is 2. The van der Waals surface area contributed by atoms with E-state index in [4.69, 9.17) is 5.73 Å². The van der Waals surface area contributed by atoms with Crippen molar-refractivity contribution in [3.05, 3.63) is 30.1 Å². The van der Waals surface area contributed by atoms with Crippen molar-refractivity contribution in [2.75, 3.05) is 50.7 Å². The molecule has 0 bridgehead atoms. The second-order valence-electron chi connectivity index (χ2n) is 7.13. The molecule has 2 aliphatic rings. The van der Waals surface area contributed by atoms with Crippen LogP contribution in [0.5, 0.6) is 0 Å². The molecule has 5 nitrogen and oxygen atoms in total. The minimum Gasteiger partial charge on any atom is -0.369 e. The summed E-state index contributed by atoms with van der Waals surface area (Å²) in [5, 5.41) is 3.09. The Morgan fingerprint density at radius 1 is 1.16 bits per heavy atom. The van der Waals surface area contributed by atoms with Crippen molar-refractivity contribution in [2.24, 2.45) is 17.6 Å². The number of carbonyl (C=O) groups excluding carboxylic acids is 1. The average Bonchev–Trinajstić information content (AvgIpc) is 3.12. The largest absolute Gasteiger partial charge is 0.369 e. The van der Waals surface area contributed by atoms with Gasteiger partial charge >= 0.3 is 0 Å². The summed E-state index contributed by atoms with van der Waals surface area (Å²) >= 11 is 0. The van der Waals surface area contributed by atoms with Gasteiger partial charge in [0.05, 0.1) is 0 Å². The lowest BCUT2D eigenvalue weighted by Crippen LogP contribution is -2.49. The fraction of sp³-hybridized carbons (Fsp3) is 0.632. The van der Waals surface area contributed by atoms with Crippen molar-refractivity contribution in [3.63, 3.8) is 0 Å². The van der Waals surface area contributed by atoms with Crippen LogP contribution in [0, 0.1) is 17.7 Å². The fourth-order valence-electron chi connectivity index (χ4n) is 4.01. The van der Waals surface area contributed by atoms with Gasteiger partial charge in [0.25, 0.3) is 0 Å². The molecule has 0 spiro atoms. The summed E-state index contributed by atoms with van der Waals surface area (Å²) in [6.07, 6.45) is 3.18. The van der Waals surface area contributed by atoms with E-state index in [9.17, 15) is 9.18 Å². The Morgan fingerprint density at radius 2 is 1.88 bits per heavy atom. The molecule has 1 aromatic carbocycles. The number of halogens is 1. The van der Waals surface area contributed by atoms with Crippen LogP contribution < -0.4 is 16.0 Å². The number of piperazine rings is 1. The number of anilines is 1. The number of nitrogens with two attached hydrogens (primary N) is 1. The van der Waals surface area contributed by atoms with Gasteiger partial charge in [-0.05, 0) is 49.6 Å². The van der Waals surface area contributed by atoms with Crippen LogP contribution >= 0.6 is 0 Å². The lowest BCUT2D eigenvalue weighted by atomic mass is 9.95. The zero-order chi connectivity index (χ0) is 17.6. The first kappa shape index (κ1) is 18.1. The van der Waals surface area contributed by atoms with Gasteiger partial charge in [-0.15, -0.1) is 0 Å². The fourth-order valence-corrected chi connectivity index (χ4v) is 4.01.